The van der Waals surface area contributed by atoms with Gasteiger partial charge in [-0.25, -0.2) is 4.79 Å². The zero-order valence-electron chi connectivity index (χ0n) is 11.4. The number of hydrogen-bond donors (Lipinski definition) is 1. The number of hydrogen-bond acceptors (Lipinski definition) is 3. The standard InChI is InChI=1S/C16H16O4/c1-11(16(17)18)20-14-8-6-12(7-9-14)13-4-3-5-15(10-13)19-2/h3-11H,1-2H3,(H,17,18). The lowest BCUT2D eigenvalue weighted by molar-refractivity contribution is -0.144. The minimum Gasteiger partial charge on any atom is -0.497 e. The Morgan fingerprint density at radius 2 is 1.75 bits per heavy atom. The van der Waals surface area contributed by atoms with Gasteiger partial charge < -0.3 is 14.6 Å². The van der Waals surface area contributed by atoms with Crippen molar-refractivity contribution in [3.8, 4) is 22.6 Å². The number of carboxylic acid groups (broad SMARTS) is 1. The van der Waals surface area contributed by atoms with E-state index in [4.69, 9.17) is 14.6 Å². The van der Waals surface area contributed by atoms with E-state index in [9.17, 15) is 4.79 Å². The second-order valence-electron chi connectivity index (χ2n) is 4.35. The first-order valence-corrected chi connectivity index (χ1v) is 6.24. The topological polar surface area (TPSA) is 55.8 Å². The van der Waals surface area contributed by atoms with Gasteiger partial charge in [-0.15, -0.1) is 0 Å². The van der Waals surface area contributed by atoms with E-state index in [1.54, 1.807) is 19.2 Å². The number of ether oxygens (including phenoxy) is 2. The third-order valence-corrected chi connectivity index (χ3v) is 2.92. The van der Waals surface area contributed by atoms with E-state index in [0.717, 1.165) is 16.9 Å². The molecule has 0 radical (unpaired) electrons. The number of aliphatic carboxylic acids is 1. The molecule has 0 aromatic heterocycles. The zero-order valence-corrected chi connectivity index (χ0v) is 11.4. The van der Waals surface area contributed by atoms with E-state index >= 15 is 0 Å². The van der Waals surface area contributed by atoms with Gasteiger partial charge in [0, 0.05) is 0 Å². The molecule has 0 saturated carbocycles. The molecular weight excluding hydrogens is 256 g/mol. The van der Waals surface area contributed by atoms with Crippen LogP contribution in [0.4, 0.5) is 0 Å². The molecule has 2 aromatic rings. The normalized spacial score (nSPS) is 11.7. The molecule has 0 amide bonds. The van der Waals surface area contributed by atoms with Crippen LogP contribution < -0.4 is 9.47 Å². The molecule has 0 saturated heterocycles. The molecule has 0 spiro atoms. The predicted molar refractivity (Wildman–Crippen MR) is 76.2 cm³/mol. The Balaban J connectivity index is 2.17. The van der Waals surface area contributed by atoms with Gasteiger partial charge in [-0.2, -0.15) is 0 Å². The third kappa shape index (κ3) is 3.29. The van der Waals surface area contributed by atoms with E-state index < -0.39 is 12.1 Å². The SMILES string of the molecule is COc1cccc(-c2ccc(OC(C)C(=O)O)cc2)c1. The van der Waals surface area contributed by atoms with Crippen molar-refractivity contribution in [3.63, 3.8) is 0 Å². The van der Waals surface area contributed by atoms with Crippen molar-refractivity contribution in [2.45, 2.75) is 13.0 Å². The van der Waals surface area contributed by atoms with Crippen molar-refractivity contribution in [1.29, 1.82) is 0 Å². The van der Waals surface area contributed by atoms with Gasteiger partial charge in [-0.05, 0) is 42.3 Å². The quantitative estimate of drug-likeness (QED) is 0.908. The van der Waals surface area contributed by atoms with Crippen LogP contribution >= 0.6 is 0 Å². The van der Waals surface area contributed by atoms with Crippen molar-refractivity contribution in [1.82, 2.24) is 0 Å². The fourth-order valence-corrected chi connectivity index (χ4v) is 1.78. The molecule has 1 unspecified atom stereocenters. The first kappa shape index (κ1) is 13.9. The fourth-order valence-electron chi connectivity index (χ4n) is 1.78. The molecule has 4 heteroatoms. The first-order chi connectivity index (χ1) is 9.60. The van der Waals surface area contributed by atoms with Crippen LogP contribution in [-0.2, 0) is 4.79 Å². The van der Waals surface area contributed by atoms with Crippen molar-refractivity contribution in [2.75, 3.05) is 7.11 Å². The number of carbonyl (C=O) groups is 1. The van der Waals surface area contributed by atoms with E-state index in [2.05, 4.69) is 0 Å². The lowest BCUT2D eigenvalue weighted by Crippen LogP contribution is -2.22. The highest BCUT2D eigenvalue weighted by Gasteiger charge is 2.12. The van der Waals surface area contributed by atoms with Gasteiger partial charge in [-0.3, -0.25) is 0 Å². The summed E-state index contributed by atoms with van der Waals surface area (Å²) in [5.74, 6) is 0.343. The molecule has 0 aliphatic rings. The fraction of sp³-hybridized carbons (Fsp3) is 0.188. The van der Waals surface area contributed by atoms with E-state index in [1.165, 1.54) is 6.92 Å². The Bertz CT molecular complexity index is 590. The highest BCUT2D eigenvalue weighted by molar-refractivity contribution is 5.72. The molecule has 1 atom stereocenters. The van der Waals surface area contributed by atoms with E-state index in [-0.39, 0.29) is 0 Å². The Hall–Kier alpha value is -2.49. The summed E-state index contributed by atoms with van der Waals surface area (Å²) in [5, 5.41) is 8.79. The largest absolute Gasteiger partial charge is 0.497 e. The van der Waals surface area contributed by atoms with Crippen LogP contribution in [0.5, 0.6) is 11.5 Å². The molecular formula is C16H16O4. The average molecular weight is 272 g/mol. The van der Waals surface area contributed by atoms with Crippen LogP contribution in [0.1, 0.15) is 6.92 Å². The lowest BCUT2D eigenvalue weighted by atomic mass is 10.1. The van der Waals surface area contributed by atoms with Gasteiger partial charge in [0.15, 0.2) is 6.10 Å². The molecule has 2 aromatic carbocycles. The third-order valence-electron chi connectivity index (χ3n) is 2.92. The Morgan fingerprint density at radius 1 is 1.05 bits per heavy atom. The van der Waals surface area contributed by atoms with Gasteiger partial charge >= 0.3 is 5.97 Å². The molecule has 104 valence electrons. The number of carboxylic acids is 1. The Morgan fingerprint density at radius 3 is 2.35 bits per heavy atom. The molecule has 20 heavy (non-hydrogen) atoms. The van der Waals surface area contributed by atoms with Gasteiger partial charge in [0.05, 0.1) is 7.11 Å². The average Bonchev–Trinajstić information content (AvgIpc) is 2.48. The highest BCUT2D eigenvalue weighted by Crippen LogP contribution is 2.25. The Labute approximate surface area is 117 Å². The summed E-state index contributed by atoms with van der Waals surface area (Å²) in [6, 6.07) is 15.0. The molecule has 0 heterocycles. The maximum Gasteiger partial charge on any atom is 0.344 e. The van der Waals surface area contributed by atoms with E-state index in [1.807, 2.05) is 36.4 Å². The molecule has 0 aliphatic heterocycles. The lowest BCUT2D eigenvalue weighted by Gasteiger charge is -2.11. The monoisotopic (exact) mass is 272 g/mol. The van der Waals surface area contributed by atoms with Crippen LogP contribution in [0, 0.1) is 0 Å². The summed E-state index contributed by atoms with van der Waals surface area (Å²) in [4.78, 5) is 10.7. The van der Waals surface area contributed by atoms with Crippen LogP contribution in [0.2, 0.25) is 0 Å². The molecule has 0 bridgehead atoms. The number of benzene rings is 2. The summed E-state index contributed by atoms with van der Waals surface area (Å²) in [6.07, 6.45) is -0.863. The van der Waals surface area contributed by atoms with Crippen molar-refractivity contribution in [2.24, 2.45) is 0 Å². The predicted octanol–water partition coefficient (Wildman–Crippen LogP) is 3.21. The van der Waals surface area contributed by atoms with Crippen molar-refractivity contribution >= 4 is 5.97 Å². The zero-order chi connectivity index (χ0) is 14.5. The second-order valence-corrected chi connectivity index (χ2v) is 4.35. The van der Waals surface area contributed by atoms with Gasteiger partial charge in [-0.1, -0.05) is 24.3 Å². The maximum atomic E-state index is 10.7. The van der Waals surface area contributed by atoms with Crippen molar-refractivity contribution in [3.05, 3.63) is 48.5 Å². The molecule has 4 nitrogen and oxygen atoms in total. The number of methoxy groups -OCH3 is 1. The Kier molecular flexibility index (Phi) is 4.25. The van der Waals surface area contributed by atoms with Crippen LogP contribution in [-0.4, -0.2) is 24.3 Å². The van der Waals surface area contributed by atoms with Crippen LogP contribution in [0.15, 0.2) is 48.5 Å². The summed E-state index contributed by atoms with van der Waals surface area (Å²) in [7, 11) is 1.63. The van der Waals surface area contributed by atoms with Gasteiger partial charge in [0.1, 0.15) is 11.5 Å². The maximum absolute atomic E-state index is 10.7. The second kappa shape index (κ2) is 6.10. The molecule has 0 fully saturated rings. The highest BCUT2D eigenvalue weighted by atomic mass is 16.5. The smallest absolute Gasteiger partial charge is 0.344 e. The summed E-state index contributed by atoms with van der Waals surface area (Å²) in [5.41, 5.74) is 2.04. The molecule has 1 N–H and O–H groups in total. The first-order valence-electron chi connectivity index (χ1n) is 6.24. The summed E-state index contributed by atoms with van der Waals surface area (Å²) < 4.78 is 10.5. The van der Waals surface area contributed by atoms with E-state index in [0.29, 0.717) is 5.75 Å². The molecule has 2 rings (SSSR count). The number of rotatable bonds is 5. The van der Waals surface area contributed by atoms with Crippen LogP contribution in [0.3, 0.4) is 0 Å². The molecule has 0 aliphatic carbocycles. The van der Waals surface area contributed by atoms with Gasteiger partial charge in [0.25, 0.3) is 0 Å². The van der Waals surface area contributed by atoms with Gasteiger partial charge in [0.2, 0.25) is 0 Å². The minimum atomic E-state index is -0.984. The minimum absolute atomic E-state index is 0.534. The summed E-state index contributed by atoms with van der Waals surface area (Å²) in [6.45, 7) is 1.50. The van der Waals surface area contributed by atoms with Crippen LogP contribution in [0.25, 0.3) is 11.1 Å². The van der Waals surface area contributed by atoms with Crippen molar-refractivity contribution < 1.29 is 19.4 Å². The summed E-state index contributed by atoms with van der Waals surface area (Å²) >= 11 is 0.